The Bertz CT molecular complexity index is 517. The SMILES string of the molecule is Cc1nc(C=CC(=O)NCc2nn[nH]n2)cs1. The lowest BCUT2D eigenvalue weighted by molar-refractivity contribution is -0.116. The Balaban J connectivity index is 1.83. The van der Waals surface area contributed by atoms with E-state index in [1.54, 1.807) is 17.4 Å². The summed E-state index contributed by atoms with van der Waals surface area (Å²) in [5.41, 5.74) is 0.780. The monoisotopic (exact) mass is 250 g/mol. The van der Waals surface area contributed by atoms with Crippen LogP contribution in [0, 0.1) is 6.92 Å². The van der Waals surface area contributed by atoms with E-state index in [0.29, 0.717) is 5.82 Å². The van der Waals surface area contributed by atoms with E-state index in [-0.39, 0.29) is 12.5 Å². The van der Waals surface area contributed by atoms with Crippen molar-refractivity contribution in [2.45, 2.75) is 13.5 Å². The zero-order chi connectivity index (χ0) is 12.1. The number of aromatic amines is 1. The third kappa shape index (κ3) is 3.45. The van der Waals surface area contributed by atoms with Crippen LogP contribution in [0.3, 0.4) is 0 Å². The van der Waals surface area contributed by atoms with Crippen LogP contribution >= 0.6 is 11.3 Å². The molecule has 0 radical (unpaired) electrons. The largest absolute Gasteiger partial charge is 0.345 e. The van der Waals surface area contributed by atoms with Crippen molar-refractivity contribution in [3.05, 3.63) is 28.0 Å². The predicted molar refractivity (Wildman–Crippen MR) is 61.9 cm³/mol. The Labute approximate surface area is 101 Å². The molecule has 1 amide bonds. The molecule has 2 N–H and O–H groups in total. The lowest BCUT2D eigenvalue weighted by Crippen LogP contribution is -2.20. The maximum atomic E-state index is 11.4. The maximum absolute atomic E-state index is 11.4. The third-order valence-corrected chi connectivity index (χ3v) is 2.64. The second kappa shape index (κ2) is 5.30. The summed E-state index contributed by atoms with van der Waals surface area (Å²) in [6.45, 7) is 2.16. The number of hydrogen-bond acceptors (Lipinski definition) is 6. The Morgan fingerprint density at radius 3 is 3.18 bits per heavy atom. The number of carbonyl (C=O) groups is 1. The van der Waals surface area contributed by atoms with Crippen molar-refractivity contribution in [3.8, 4) is 0 Å². The highest BCUT2D eigenvalue weighted by atomic mass is 32.1. The number of thiazole rings is 1. The lowest BCUT2D eigenvalue weighted by Gasteiger charge is -1.95. The summed E-state index contributed by atoms with van der Waals surface area (Å²) in [7, 11) is 0. The van der Waals surface area contributed by atoms with Crippen LogP contribution in [0.2, 0.25) is 0 Å². The molecule has 0 aliphatic carbocycles. The highest BCUT2D eigenvalue weighted by Gasteiger charge is 2.00. The molecule has 8 heteroatoms. The minimum Gasteiger partial charge on any atom is -0.345 e. The second-order valence-corrected chi connectivity index (χ2v) is 4.23. The van der Waals surface area contributed by atoms with E-state index in [2.05, 4.69) is 30.9 Å². The molecule has 2 aromatic heterocycles. The summed E-state index contributed by atoms with van der Waals surface area (Å²) in [4.78, 5) is 15.6. The predicted octanol–water partition coefficient (Wildman–Crippen LogP) is 0.294. The number of H-pyrrole nitrogens is 1. The first kappa shape index (κ1) is 11.4. The van der Waals surface area contributed by atoms with Gasteiger partial charge < -0.3 is 5.32 Å². The summed E-state index contributed by atoms with van der Waals surface area (Å²) in [5.74, 6) is 0.219. The van der Waals surface area contributed by atoms with Gasteiger partial charge in [-0.15, -0.1) is 21.5 Å². The number of aromatic nitrogens is 5. The van der Waals surface area contributed by atoms with E-state index < -0.39 is 0 Å². The van der Waals surface area contributed by atoms with Crippen molar-refractivity contribution in [2.75, 3.05) is 0 Å². The fourth-order valence-electron chi connectivity index (χ4n) is 1.10. The van der Waals surface area contributed by atoms with E-state index in [4.69, 9.17) is 0 Å². The first-order valence-corrected chi connectivity index (χ1v) is 5.72. The van der Waals surface area contributed by atoms with E-state index >= 15 is 0 Å². The van der Waals surface area contributed by atoms with Crippen molar-refractivity contribution in [1.82, 2.24) is 30.9 Å². The molecule has 0 spiro atoms. The number of nitrogens with zero attached hydrogens (tertiary/aromatic N) is 4. The minimum atomic E-state index is -0.222. The molecule has 0 aliphatic rings. The highest BCUT2D eigenvalue weighted by molar-refractivity contribution is 7.09. The first-order valence-electron chi connectivity index (χ1n) is 4.84. The molecule has 0 aromatic carbocycles. The average molecular weight is 250 g/mol. The molecule has 0 saturated heterocycles. The lowest BCUT2D eigenvalue weighted by atomic mass is 10.4. The van der Waals surface area contributed by atoms with Crippen molar-refractivity contribution in [3.63, 3.8) is 0 Å². The first-order chi connectivity index (χ1) is 8.24. The van der Waals surface area contributed by atoms with Crippen molar-refractivity contribution >= 4 is 23.3 Å². The van der Waals surface area contributed by atoms with E-state index in [9.17, 15) is 4.79 Å². The molecular formula is C9H10N6OS. The molecule has 88 valence electrons. The molecule has 0 fully saturated rings. The van der Waals surface area contributed by atoms with Gasteiger partial charge in [0.25, 0.3) is 0 Å². The van der Waals surface area contributed by atoms with Crippen molar-refractivity contribution in [2.24, 2.45) is 0 Å². The second-order valence-electron chi connectivity index (χ2n) is 3.17. The smallest absolute Gasteiger partial charge is 0.244 e. The normalized spacial score (nSPS) is 10.9. The van der Waals surface area contributed by atoms with Gasteiger partial charge >= 0.3 is 0 Å². The van der Waals surface area contributed by atoms with Gasteiger partial charge in [0, 0.05) is 11.5 Å². The molecular weight excluding hydrogens is 240 g/mol. The van der Waals surface area contributed by atoms with Crippen LogP contribution in [-0.2, 0) is 11.3 Å². The van der Waals surface area contributed by atoms with Crippen LogP contribution < -0.4 is 5.32 Å². The summed E-state index contributed by atoms with van der Waals surface area (Å²) in [5, 5.41) is 18.6. The molecule has 0 bridgehead atoms. The van der Waals surface area contributed by atoms with Gasteiger partial charge in [0.1, 0.15) is 0 Å². The Kier molecular flexibility index (Phi) is 3.55. The quantitative estimate of drug-likeness (QED) is 0.760. The summed E-state index contributed by atoms with van der Waals surface area (Å²) >= 11 is 1.54. The maximum Gasteiger partial charge on any atom is 0.244 e. The Hall–Kier alpha value is -2.09. The van der Waals surface area contributed by atoms with Gasteiger partial charge in [0.05, 0.1) is 17.2 Å². The van der Waals surface area contributed by atoms with Crippen LogP contribution in [0.25, 0.3) is 6.08 Å². The minimum absolute atomic E-state index is 0.222. The van der Waals surface area contributed by atoms with Gasteiger partial charge in [0.15, 0.2) is 5.82 Å². The Morgan fingerprint density at radius 1 is 1.65 bits per heavy atom. The van der Waals surface area contributed by atoms with Gasteiger partial charge in [0.2, 0.25) is 5.91 Å². The highest BCUT2D eigenvalue weighted by Crippen LogP contribution is 2.08. The fraction of sp³-hybridized carbons (Fsp3) is 0.222. The molecule has 2 rings (SSSR count). The van der Waals surface area contributed by atoms with Gasteiger partial charge in [-0.2, -0.15) is 5.21 Å². The van der Waals surface area contributed by atoms with Crippen LogP contribution in [0.5, 0.6) is 0 Å². The number of amides is 1. The van der Waals surface area contributed by atoms with Gasteiger partial charge in [-0.1, -0.05) is 5.21 Å². The van der Waals surface area contributed by atoms with Crippen LogP contribution in [-0.4, -0.2) is 31.5 Å². The summed E-state index contributed by atoms with van der Waals surface area (Å²) in [6, 6.07) is 0. The van der Waals surface area contributed by atoms with Crippen LogP contribution in [0.4, 0.5) is 0 Å². The van der Waals surface area contributed by atoms with Gasteiger partial charge in [-0.05, 0) is 13.0 Å². The number of nitrogens with one attached hydrogen (secondary N) is 2. The van der Waals surface area contributed by atoms with Crippen LogP contribution in [0.15, 0.2) is 11.5 Å². The standard InChI is InChI=1S/C9H10N6OS/c1-6-11-7(5-17-6)2-3-9(16)10-4-8-12-14-15-13-8/h2-3,5H,4H2,1H3,(H,10,16)(H,12,13,14,15). The average Bonchev–Trinajstić information content (AvgIpc) is 2.95. The summed E-state index contributed by atoms with van der Waals surface area (Å²) < 4.78 is 0. The molecule has 0 atom stereocenters. The number of carbonyl (C=O) groups excluding carboxylic acids is 1. The van der Waals surface area contributed by atoms with Crippen molar-refractivity contribution in [1.29, 1.82) is 0 Å². The summed E-state index contributed by atoms with van der Waals surface area (Å²) in [6.07, 6.45) is 3.09. The molecule has 17 heavy (non-hydrogen) atoms. The number of hydrogen-bond donors (Lipinski definition) is 2. The zero-order valence-corrected chi connectivity index (χ0v) is 9.86. The van der Waals surface area contributed by atoms with Gasteiger partial charge in [-0.3, -0.25) is 4.79 Å². The molecule has 0 aliphatic heterocycles. The van der Waals surface area contributed by atoms with Gasteiger partial charge in [-0.25, -0.2) is 4.98 Å². The number of rotatable bonds is 4. The molecule has 2 aromatic rings. The number of aryl methyl sites for hydroxylation is 1. The zero-order valence-electron chi connectivity index (χ0n) is 9.04. The van der Waals surface area contributed by atoms with Crippen LogP contribution in [0.1, 0.15) is 16.5 Å². The topological polar surface area (TPSA) is 96.5 Å². The van der Waals surface area contributed by atoms with E-state index in [0.717, 1.165) is 10.7 Å². The third-order valence-electron chi connectivity index (χ3n) is 1.85. The fourth-order valence-corrected chi connectivity index (χ4v) is 1.68. The van der Waals surface area contributed by atoms with E-state index in [1.165, 1.54) is 6.08 Å². The Morgan fingerprint density at radius 2 is 2.53 bits per heavy atom. The molecule has 0 saturated carbocycles. The molecule has 2 heterocycles. The van der Waals surface area contributed by atoms with E-state index in [1.807, 2.05) is 12.3 Å². The molecule has 7 nitrogen and oxygen atoms in total. The van der Waals surface area contributed by atoms with Crippen molar-refractivity contribution < 1.29 is 4.79 Å². The number of tetrazole rings is 1. The molecule has 0 unspecified atom stereocenters.